The number of benzene rings is 1. The van der Waals surface area contributed by atoms with Crippen molar-refractivity contribution < 1.29 is 14.3 Å². The Morgan fingerprint density at radius 1 is 1.09 bits per heavy atom. The molecule has 4 heteroatoms. The lowest BCUT2D eigenvalue weighted by Gasteiger charge is -2.29. The van der Waals surface area contributed by atoms with Gasteiger partial charge in [0.2, 0.25) is 0 Å². The number of ether oxygens (including phenoxy) is 1. The third-order valence-electron chi connectivity index (χ3n) is 7.81. The summed E-state index contributed by atoms with van der Waals surface area (Å²) in [5.74, 6) is 1.10. The van der Waals surface area contributed by atoms with Crippen LogP contribution in [0.25, 0.3) is 11.1 Å². The molecular formula is C30H39NO3. The third-order valence-corrected chi connectivity index (χ3v) is 7.81. The molecule has 2 atom stereocenters. The van der Waals surface area contributed by atoms with Gasteiger partial charge in [0.05, 0.1) is 17.9 Å². The maximum absolute atomic E-state index is 12.5. The molecule has 4 rings (SSSR count). The summed E-state index contributed by atoms with van der Waals surface area (Å²) in [7, 11) is 0. The predicted molar refractivity (Wildman–Crippen MR) is 136 cm³/mol. The lowest BCUT2D eigenvalue weighted by molar-refractivity contribution is 0.0525. The van der Waals surface area contributed by atoms with Crippen LogP contribution in [0.3, 0.4) is 0 Å². The molecule has 0 fully saturated rings. The van der Waals surface area contributed by atoms with Crippen molar-refractivity contribution in [1.29, 1.82) is 0 Å². The Bertz CT molecular complexity index is 1040. The molecule has 0 N–H and O–H groups in total. The summed E-state index contributed by atoms with van der Waals surface area (Å²) in [6, 6.07) is 6.13. The largest absolute Gasteiger partial charge is 0.462 e. The van der Waals surface area contributed by atoms with Crippen LogP contribution in [-0.2, 0) is 17.6 Å². The molecule has 0 aliphatic heterocycles. The maximum Gasteiger partial charge on any atom is 0.339 e. The Balaban J connectivity index is 1.58. The summed E-state index contributed by atoms with van der Waals surface area (Å²) in [6.07, 6.45) is 14.1. The molecule has 1 heterocycles. The van der Waals surface area contributed by atoms with Gasteiger partial charge in [-0.05, 0) is 54.9 Å². The van der Waals surface area contributed by atoms with E-state index in [4.69, 9.17) is 9.72 Å². The number of pyridine rings is 1. The Kier molecular flexibility index (Phi) is 8.18. The Labute approximate surface area is 204 Å². The summed E-state index contributed by atoms with van der Waals surface area (Å²) >= 11 is 0. The molecule has 4 nitrogen and oxygen atoms in total. The second-order valence-corrected chi connectivity index (χ2v) is 10.0. The number of hydrogen-bond acceptors (Lipinski definition) is 4. The number of fused-ring (bicyclic) bond motifs is 5. The molecule has 2 aliphatic rings. The monoisotopic (exact) mass is 461 g/mol. The fourth-order valence-corrected chi connectivity index (χ4v) is 5.89. The van der Waals surface area contributed by atoms with Crippen LogP contribution in [0, 0.1) is 5.92 Å². The number of nitrogens with zero attached hydrogens (tertiary/aromatic N) is 1. The van der Waals surface area contributed by atoms with Crippen molar-refractivity contribution in [2.75, 3.05) is 6.61 Å². The van der Waals surface area contributed by atoms with Crippen molar-refractivity contribution in [2.24, 2.45) is 5.92 Å². The number of carbonyl (C=O) groups excluding carboxylic acids is 2. The molecule has 2 aromatic rings. The second-order valence-electron chi connectivity index (χ2n) is 10.0. The highest BCUT2D eigenvalue weighted by atomic mass is 16.5. The number of unbranched alkanes of at least 4 members (excludes halogenated alkanes) is 2. The highest BCUT2D eigenvalue weighted by Crippen LogP contribution is 2.45. The van der Waals surface area contributed by atoms with Crippen LogP contribution < -0.4 is 0 Å². The number of hydrogen-bond donors (Lipinski definition) is 0. The van der Waals surface area contributed by atoms with E-state index >= 15 is 0 Å². The average Bonchev–Trinajstić information content (AvgIpc) is 3.23. The molecule has 0 bridgehead atoms. The van der Waals surface area contributed by atoms with Gasteiger partial charge in [-0.15, -0.1) is 0 Å². The lowest BCUT2D eigenvalue weighted by Crippen LogP contribution is -2.17. The molecule has 2 aliphatic carbocycles. The normalized spacial score (nSPS) is 17.1. The van der Waals surface area contributed by atoms with Crippen LogP contribution in [0.15, 0.2) is 24.4 Å². The molecular weight excluding hydrogens is 422 g/mol. The van der Waals surface area contributed by atoms with E-state index < -0.39 is 0 Å². The smallest absolute Gasteiger partial charge is 0.339 e. The molecule has 2 unspecified atom stereocenters. The average molecular weight is 462 g/mol. The number of esters is 1. The van der Waals surface area contributed by atoms with E-state index in [1.165, 1.54) is 50.5 Å². The van der Waals surface area contributed by atoms with Gasteiger partial charge in [-0.2, -0.15) is 0 Å². The summed E-state index contributed by atoms with van der Waals surface area (Å²) in [4.78, 5) is 29.7. The highest BCUT2D eigenvalue weighted by molar-refractivity contribution is 6.03. The first-order valence-electron chi connectivity index (χ1n) is 13.4. The SMILES string of the molecule is CCCCC(CC)CCCCC1Cc2ccc3c(c2-c2cc(C(=O)OCC)cnc21)CCC3=O. The first-order valence-corrected chi connectivity index (χ1v) is 13.4. The molecule has 0 spiro atoms. The van der Waals surface area contributed by atoms with Gasteiger partial charge >= 0.3 is 5.97 Å². The van der Waals surface area contributed by atoms with Crippen molar-refractivity contribution in [2.45, 2.75) is 97.3 Å². The van der Waals surface area contributed by atoms with E-state index in [1.807, 2.05) is 19.1 Å². The fraction of sp³-hybridized carbons (Fsp3) is 0.567. The van der Waals surface area contributed by atoms with E-state index in [0.717, 1.165) is 53.1 Å². The molecule has 182 valence electrons. The van der Waals surface area contributed by atoms with Gasteiger partial charge in [-0.3, -0.25) is 9.78 Å². The van der Waals surface area contributed by atoms with Gasteiger partial charge in [0, 0.05) is 29.7 Å². The van der Waals surface area contributed by atoms with E-state index in [0.29, 0.717) is 24.5 Å². The van der Waals surface area contributed by atoms with Crippen molar-refractivity contribution >= 4 is 11.8 Å². The van der Waals surface area contributed by atoms with Gasteiger partial charge in [-0.25, -0.2) is 4.79 Å². The second kappa shape index (κ2) is 11.3. The topological polar surface area (TPSA) is 56.3 Å². The van der Waals surface area contributed by atoms with E-state index in [1.54, 1.807) is 6.20 Å². The Morgan fingerprint density at radius 3 is 2.68 bits per heavy atom. The number of carbonyl (C=O) groups is 2. The third kappa shape index (κ3) is 5.11. The van der Waals surface area contributed by atoms with Crippen LogP contribution in [0.1, 0.15) is 122 Å². The summed E-state index contributed by atoms with van der Waals surface area (Å²) in [5.41, 5.74) is 7.07. The minimum Gasteiger partial charge on any atom is -0.462 e. The molecule has 0 saturated heterocycles. The predicted octanol–water partition coefficient (Wildman–Crippen LogP) is 7.47. The zero-order valence-corrected chi connectivity index (χ0v) is 21.1. The van der Waals surface area contributed by atoms with Crippen molar-refractivity contribution in [3.8, 4) is 11.1 Å². The van der Waals surface area contributed by atoms with Gasteiger partial charge in [-0.1, -0.05) is 70.9 Å². The highest BCUT2D eigenvalue weighted by Gasteiger charge is 2.32. The fourth-order valence-electron chi connectivity index (χ4n) is 5.89. The number of rotatable bonds is 11. The van der Waals surface area contributed by atoms with Crippen molar-refractivity contribution in [3.63, 3.8) is 0 Å². The minimum absolute atomic E-state index is 0.226. The van der Waals surface area contributed by atoms with E-state index in [9.17, 15) is 9.59 Å². The Hall–Kier alpha value is -2.49. The van der Waals surface area contributed by atoms with E-state index in [2.05, 4.69) is 19.9 Å². The zero-order valence-electron chi connectivity index (χ0n) is 21.1. The van der Waals surface area contributed by atoms with E-state index in [-0.39, 0.29) is 11.8 Å². The molecule has 1 aromatic heterocycles. The summed E-state index contributed by atoms with van der Waals surface area (Å²) < 4.78 is 5.25. The molecule has 0 saturated carbocycles. The van der Waals surface area contributed by atoms with Crippen LogP contribution >= 0.6 is 0 Å². The number of aromatic nitrogens is 1. The molecule has 0 amide bonds. The number of ketones is 1. The summed E-state index contributed by atoms with van der Waals surface area (Å²) in [6.45, 7) is 6.76. The molecule has 34 heavy (non-hydrogen) atoms. The van der Waals surface area contributed by atoms with Crippen LogP contribution in [0.2, 0.25) is 0 Å². The number of Topliss-reactive ketones (excluding diaryl/α,β-unsaturated/α-hetero) is 1. The van der Waals surface area contributed by atoms with Crippen LogP contribution in [0.5, 0.6) is 0 Å². The first kappa shape index (κ1) is 24.6. The lowest BCUT2D eigenvalue weighted by atomic mass is 9.76. The molecule has 0 radical (unpaired) electrons. The van der Waals surface area contributed by atoms with Gasteiger partial charge in [0.15, 0.2) is 5.78 Å². The van der Waals surface area contributed by atoms with Crippen LogP contribution in [0.4, 0.5) is 0 Å². The van der Waals surface area contributed by atoms with Gasteiger partial charge in [0.25, 0.3) is 0 Å². The molecule has 1 aromatic carbocycles. The Morgan fingerprint density at radius 2 is 1.91 bits per heavy atom. The zero-order chi connectivity index (χ0) is 24.1. The minimum atomic E-state index is -0.331. The summed E-state index contributed by atoms with van der Waals surface area (Å²) in [5, 5.41) is 0. The van der Waals surface area contributed by atoms with Crippen molar-refractivity contribution in [1.82, 2.24) is 4.98 Å². The quantitative estimate of drug-likeness (QED) is 0.257. The van der Waals surface area contributed by atoms with Crippen molar-refractivity contribution in [3.05, 3.63) is 52.3 Å². The first-order chi connectivity index (χ1) is 16.6. The van der Waals surface area contributed by atoms with Gasteiger partial charge in [0.1, 0.15) is 0 Å². The maximum atomic E-state index is 12.5. The van der Waals surface area contributed by atoms with Gasteiger partial charge < -0.3 is 4.74 Å². The standard InChI is InChI=1S/C30H39NO3/c1-4-7-10-20(5-2)11-8-9-12-22-17-21-13-14-24-25(15-16-27(24)32)28(21)26-18-23(19-31-29(22)26)30(33)34-6-3/h13-14,18-20,22H,4-12,15-17H2,1-3H3. The van der Waals surface area contributed by atoms with Crippen LogP contribution in [-0.4, -0.2) is 23.3 Å².